The Labute approximate surface area is 118 Å². The minimum absolute atomic E-state index is 0.479. The van der Waals surface area contributed by atoms with Crippen LogP contribution in [0.2, 0.25) is 0 Å². The highest BCUT2D eigenvalue weighted by Gasteiger charge is 2.30. The summed E-state index contributed by atoms with van der Waals surface area (Å²) < 4.78 is 0. The highest BCUT2D eigenvalue weighted by molar-refractivity contribution is 5.27. The smallest absolute Gasteiger partial charge is 0.00367 e. The number of benzene rings is 1. The molecule has 1 fully saturated rings. The van der Waals surface area contributed by atoms with E-state index in [2.05, 4.69) is 45.0 Å². The van der Waals surface area contributed by atoms with Crippen molar-refractivity contribution in [2.45, 2.75) is 58.8 Å². The molecule has 0 aromatic heterocycles. The molecule has 0 amide bonds. The molecule has 1 heteroatoms. The number of hydrogen-bond acceptors (Lipinski definition) is 1. The summed E-state index contributed by atoms with van der Waals surface area (Å²) in [5.41, 5.74) is 9.07. The minimum Gasteiger partial charge on any atom is -0.330 e. The van der Waals surface area contributed by atoms with Gasteiger partial charge < -0.3 is 5.73 Å². The van der Waals surface area contributed by atoms with E-state index >= 15 is 0 Å². The van der Waals surface area contributed by atoms with Crippen LogP contribution in [-0.2, 0) is 6.42 Å². The van der Waals surface area contributed by atoms with Crippen molar-refractivity contribution in [2.75, 3.05) is 6.54 Å². The molecule has 0 atom stereocenters. The lowest BCUT2D eigenvalue weighted by Crippen LogP contribution is -2.25. The first-order valence-electron chi connectivity index (χ1n) is 7.79. The van der Waals surface area contributed by atoms with Gasteiger partial charge in [0.05, 0.1) is 0 Å². The third kappa shape index (κ3) is 3.82. The summed E-state index contributed by atoms with van der Waals surface area (Å²) in [6, 6.07) is 9.10. The standard InChI is InChI=1S/C18H29N/c1-18(2,3)17-9-7-15(8-10-17)16-6-4-5-14(13-16)11-12-19/h4-6,13,15,17H,7-12,19H2,1-3H3. The topological polar surface area (TPSA) is 26.0 Å². The Hall–Kier alpha value is -0.820. The first-order valence-corrected chi connectivity index (χ1v) is 7.79. The van der Waals surface area contributed by atoms with Crippen molar-refractivity contribution in [3.05, 3.63) is 35.4 Å². The lowest BCUT2D eigenvalue weighted by atomic mass is 9.68. The van der Waals surface area contributed by atoms with Crippen LogP contribution in [0.25, 0.3) is 0 Å². The van der Waals surface area contributed by atoms with E-state index < -0.39 is 0 Å². The first-order chi connectivity index (χ1) is 9.00. The molecule has 0 aliphatic heterocycles. The van der Waals surface area contributed by atoms with Crippen LogP contribution in [0, 0.1) is 11.3 Å². The van der Waals surface area contributed by atoms with Gasteiger partial charge in [-0.25, -0.2) is 0 Å². The van der Waals surface area contributed by atoms with Crippen molar-refractivity contribution in [2.24, 2.45) is 17.1 Å². The Balaban J connectivity index is 1.99. The van der Waals surface area contributed by atoms with Crippen LogP contribution in [0.15, 0.2) is 24.3 Å². The number of rotatable bonds is 3. The summed E-state index contributed by atoms with van der Waals surface area (Å²) in [6.07, 6.45) is 6.48. The summed E-state index contributed by atoms with van der Waals surface area (Å²) >= 11 is 0. The maximum absolute atomic E-state index is 5.66. The van der Waals surface area contributed by atoms with Crippen molar-refractivity contribution in [3.63, 3.8) is 0 Å². The van der Waals surface area contributed by atoms with Crippen molar-refractivity contribution in [3.8, 4) is 0 Å². The SMILES string of the molecule is CC(C)(C)C1CCC(c2cccc(CCN)c2)CC1. The molecule has 0 radical (unpaired) electrons. The maximum Gasteiger partial charge on any atom is -0.00367 e. The Morgan fingerprint density at radius 1 is 1.11 bits per heavy atom. The van der Waals surface area contributed by atoms with Crippen LogP contribution < -0.4 is 5.73 Å². The Morgan fingerprint density at radius 3 is 2.37 bits per heavy atom. The highest BCUT2D eigenvalue weighted by Crippen LogP contribution is 2.43. The Morgan fingerprint density at radius 2 is 1.79 bits per heavy atom. The molecule has 0 heterocycles. The lowest BCUT2D eigenvalue weighted by molar-refractivity contribution is 0.169. The van der Waals surface area contributed by atoms with Crippen molar-refractivity contribution in [1.29, 1.82) is 0 Å². The molecule has 0 spiro atoms. The van der Waals surface area contributed by atoms with Crippen molar-refractivity contribution in [1.82, 2.24) is 0 Å². The molecule has 0 bridgehead atoms. The van der Waals surface area contributed by atoms with Gasteiger partial charge in [0, 0.05) is 0 Å². The first kappa shape index (κ1) is 14.6. The van der Waals surface area contributed by atoms with E-state index in [0.29, 0.717) is 5.41 Å². The molecule has 0 unspecified atom stereocenters. The second kappa shape index (κ2) is 6.09. The normalized spacial score (nSPS) is 24.4. The van der Waals surface area contributed by atoms with Gasteiger partial charge >= 0.3 is 0 Å². The molecular formula is C18H29N. The molecular weight excluding hydrogens is 230 g/mol. The average molecular weight is 259 g/mol. The molecule has 1 aromatic carbocycles. The zero-order chi connectivity index (χ0) is 13.9. The molecule has 1 nitrogen and oxygen atoms in total. The van der Waals surface area contributed by atoms with E-state index in [9.17, 15) is 0 Å². The summed E-state index contributed by atoms with van der Waals surface area (Å²) in [5.74, 6) is 1.67. The Kier molecular flexibility index (Phi) is 4.67. The monoisotopic (exact) mass is 259 g/mol. The molecule has 2 rings (SSSR count). The summed E-state index contributed by atoms with van der Waals surface area (Å²) in [7, 11) is 0. The molecule has 106 valence electrons. The van der Waals surface area contributed by atoms with E-state index in [0.717, 1.165) is 24.8 Å². The molecule has 1 aromatic rings. The second-order valence-electron chi connectivity index (χ2n) is 7.20. The molecule has 1 saturated carbocycles. The van der Waals surface area contributed by atoms with Gasteiger partial charge in [0.15, 0.2) is 0 Å². The Bertz CT molecular complexity index is 394. The third-order valence-corrected chi connectivity index (χ3v) is 4.81. The minimum atomic E-state index is 0.479. The van der Waals surface area contributed by atoms with Gasteiger partial charge in [0.1, 0.15) is 0 Å². The van der Waals surface area contributed by atoms with Crippen molar-refractivity contribution >= 4 is 0 Å². The fraction of sp³-hybridized carbons (Fsp3) is 0.667. The largest absolute Gasteiger partial charge is 0.330 e. The van der Waals surface area contributed by atoms with Gasteiger partial charge in [-0.3, -0.25) is 0 Å². The lowest BCUT2D eigenvalue weighted by Gasteiger charge is -2.37. The van der Waals surface area contributed by atoms with E-state index in [4.69, 9.17) is 5.73 Å². The average Bonchev–Trinajstić information content (AvgIpc) is 2.39. The molecule has 1 aliphatic carbocycles. The second-order valence-corrected chi connectivity index (χ2v) is 7.20. The van der Waals surface area contributed by atoms with Crippen LogP contribution in [-0.4, -0.2) is 6.54 Å². The van der Waals surface area contributed by atoms with Crippen LogP contribution >= 0.6 is 0 Å². The van der Waals surface area contributed by atoms with Crippen LogP contribution in [0.5, 0.6) is 0 Å². The van der Waals surface area contributed by atoms with Crippen LogP contribution in [0.1, 0.15) is 63.5 Å². The van der Waals surface area contributed by atoms with E-state index in [1.807, 2.05) is 0 Å². The predicted molar refractivity (Wildman–Crippen MR) is 83.4 cm³/mol. The molecule has 1 aliphatic rings. The maximum atomic E-state index is 5.66. The van der Waals surface area contributed by atoms with Crippen LogP contribution in [0.3, 0.4) is 0 Å². The van der Waals surface area contributed by atoms with Gasteiger partial charge in [0.2, 0.25) is 0 Å². The number of hydrogen-bond donors (Lipinski definition) is 1. The summed E-state index contributed by atoms with van der Waals surface area (Å²) in [5, 5.41) is 0. The van der Waals surface area contributed by atoms with E-state index in [1.165, 1.54) is 31.2 Å². The number of nitrogens with two attached hydrogens (primary N) is 1. The quantitative estimate of drug-likeness (QED) is 0.849. The molecule has 2 N–H and O–H groups in total. The van der Waals surface area contributed by atoms with Gasteiger partial charge in [0.25, 0.3) is 0 Å². The summed E-state index contributed by atoms with van der Waals surface area (Å²) in [6.45, 7) is 7.92. The van der Waals surface area contributed by atoms with Crippen molar-refractivity contribution < 1.29 is 0 Å². The molecule has 19 heavy (non-hydrogen) atoms. The third-order valence-electron chi connectivity index (χ3n) is 4.81. The fourth-order valence-electron chi connectivity index (χ4n) is 3.46. The van der Waals surface area contributed by atoms with Gasteiger partial charge in [-0.1, -0.05) is 45.0 Å². The van der Waals surface area contributed by atoms with E-state index in [1.54, 1.807) is 5.56 Å². The van der Waals surface area contributed by atoms with Gasteiger partial charge in [-0.15, -0.1) is 0 Å². The highest BCUT2D eigenvalue weighted by atomic mass is 14.5. The zero-order valence-electron chi connectivity index (χ0n) is 12.8. The van der Waals surface area contributed by atoms with E-state index in [-0.39, 0.29) is 0 Å². The van der Waals surface area contributed by atoms with Gasteiger partial charge in [-0.05, 0) is 67.0 Å². The summed E-state index contributed by atoms with van der Waals surface area (Å²) in [4.78, 5) is 0. The zero-order valence-corrected chi connectivity index (χ0v) is 12.8. The predicted octanol–water partition coefficient (Wildman–Crippen LogP) is 4.51. The van der Waals surface area contributed by atoms with Crippen LogP contribution in [0.4, 0.5) is 0 Å². The fourth-order valence-corrected chi connectivity index (χ4v) is 3.46. The molecule has 0 saturated heterocycles. The van der Waals surface area contributed by atoms with Gasteiger partial charge in [-0.2, -0.15) is 0 Å².